The van der Waals surface area contributed by atoms with Crippen LogP contribution in [0.5, 0.6) is 5.75 Å². The van der Waals surface area contributed by atoms with Crippen molar-refractivity contribution in [3.8, 4) is 5.75 Å². The van der Waals surface area contributed by atoms with Gasteiger partial charge >= 0.3 is 0 Å². The number of halogens is 1. The van der Waals surface area contributed by atoms with Crippen LogP contribution in [0.1, 0.15) is 61.3 Å². The summed E-state index contributed by atoms with van der Waals surface area (Å²) >= 11 is 6.10. The van der Waals surface area contributed by atoms with Gasteiger partial charge in [-0.05, 0) is 79.4 Å². The number of carbonyl (C=O) groups is 2. The number of benzene rings is 3. The average molecular weight is 530 g/mol. The van der Waals surface area contributed by atoms with E-state index < -0.39 is 23.5 Å². The molecule has 1 aliphatic heterocycles. The number of hydrogen-bond donors (Lipinski definition) is 1. The maximum Gasteiger partial charge on any atom is 0.294 e. The van der Waals surface area contributed by atoms with Crippen LogP contribution in [0, 0.1) is 0 Å². The van der Waals surface area contributed by atoms with Gasteiger partial charge in [-0.3, -0.25) is 14.5 Å². The van der Waals surface area contributed by atoms with Gasteiger partial charge in [-0.2, -0.15) is 0 Å². The topological polar surface area (TPSA) is 80.0 Å². The van der Waals surface area contributed by atoms with Crippen molar-refractivity contribution in [2.24, 2.45) is 0 Å². The van der Waals surface area contributed by atoms with E-state index in [4.69, 9.17) is 20.8 Å². The number of ketones is 1. The lowest BCUT2D eigenvalue weighted by molar-refractivity contribution is -0.117. The number of furan rings is 1. The molecule has 0 saturated carbocycles. The highest BCUT2D eigenvalue weighted by atomic mass is 35.5. The second-order valence-corrected chi connectivity index (χ2v) is 10.4. The summed E-state index contributed by atoms with van der Waals surface area (Å²) in [6, 6.07) is 20.5. The van der Waals surface area contributed by atoms with E-state index in [-0.39, 0.29) is 17.4 Å². The summed E-state index contributed by atoms with van der Waals surface area (Å²) in [6.45, 7) is 8.04. The molecule has 38 heavy (non-hydrogen) atoms. The van der Waals surface area contributed by atoms with E-state index in [1.807, 2.05) is 38.1 Å². The largest absolute Gasteiger partial charge is 0.503 e. The Bertz CT molecular complexity index is 1550. The molecule has 1 unspecified atom stereocenters. The third-order valence-electron chi connectivity index (χ3n) is 6.56. The first kappa shape index (κ1) is 25.6. The number of aliphatic hydroxyl groups is 1. The zero-order valence-electron chi connectivity index (χ0n) is 21.6. The van der Waals surface area contributed by atoms with Gasteiger partial charge < -0.3 is 14.3 Å². The molecule has 0 aliphatic carbocycles. The number of nitrogens with zero attached hydrogens (tertiary/aromatic N) is 1. The summed E-state index contributed by atoms with van der Waals surface area (Å²) in [4.78, 5) is 28.8. The average Bonchev–Trinajstić information content (AvgIpc) is 3.42. The first-order valence-corrected chi connectivity index (χ1v) is 12.9. The van der Waals surface area contributed by atoms with Crippen molar-refractivity contribution >= 4 is 39.9 Å². The van der Waals surface area contributed by atoms with Crippen molar-refractivity contribution < 1.29 is 23.8 Å². The quantitative estimate of drug-likeness (QED) is 0.247. The van der Waals surface area contributed by atoms with Crippen LogP contribution in [0.25, 0.3) is 11.0 Å². The molecule has 2 heterocycles. The van der Waals surface area contributed by atoms with Crippen molar-refractivity contribution in [1.82, 2.24) is 0 Å². The minimum atomic E-state index is -0.871. The highest BCUT2D eigenvalue weighted by molar-refractivity contribution is 6.31. The lowest BCUT2D eigenvalue weighted by Gasteiger charge is -2.27. The fourth-order valence-electron chi connectivity index (χ4n) is 4.70. The Balaban J connectivity index is 1.61. The van der Waals surface area contributed by atoms with Crippen LogP contribution in [0.4, 0.5) is 5.69 Å². The smallest absolute Gasteiger partial charge is 0.294 e. The zero-order chi connectivity index (χ0) is 27.1. The number of carbonyl (C=O) groups excluding carboxylic acids is 2. The van der Waals surface area contributed by atoms with Crippen LogP contribution in [0.2, 0.25) is 5.02 Å². The molecule has 6 nitrogen and oxygen atoms in total. The van der Waals surface area contributed by atoms with Crippen LogP contribution in [-0.4, -0.2) is 22.9 Å². The van der Waals surface area contributed by atoms with Crippen molar-refractivity contribution in [2.75, 3.05) is 4.90 Å². The van der Waals surface area contributed by atoms with Gasteiger partial charge in [-0.15, -0.1) is 0 Å². The van der Waals surface area contributed by atoms with E-state index in [0.717, 1.165) is 5.56 Å². The van der Waals surface area contributed by atoms with E-state index >= 15 is 0 Å². The predicted octanol–water partition coefficient (Wildman–Crippen LogP) is 7.78. The first-order chi connectivity index (χ1) is 18.1. The molecular weight excluding hydrogens is 502 g/mol. The molecular formula is C31H28ClNO5. The Hall–Kier alpha value is -4.03. The lowest BCUT2D eigenvalue weighted by atomic mass is 9.94. The van der Waals surface area contributed by atoms with Gasteiger partial charge in [0.15, 0.2) is 11.5 Å². The molecule has 3 aromatic carbocycles. The maximum atomic E-state index is 13.8. The van der Waals surface area contributed by atoms with Crippen LogP contribution in [0.3, 0.4) is 0 Å². The fraction of sp³-hybridized carbons (Fsp3) is 0.226. The fourth-order valence-corrected chi connectivity index (χ4v) is 4.88. The summed E-state index contributed by atoms with van der Waals surface area (Å²) in [6.07, 6.45) is -0.00690. The number of aliphatic hydroxyl groups excluding tert-OH is 1. The second-order valence-electron chi connectivity index (χ2n) is 9.94. The summed E-state index contributed by atoms with van der Waals surface area (Å²) in [7, 11) is 0. The van der Waals surface area contributed by atoms with E-state index in [2.05, 4.69) is 13.8 Å². The number of Topliss-reactive ketones (excluding diaryl/α,β-unsaturated/α-hetero) is 1. The van der Waals surface area contributed by atoms with E-state index in [1.54, 1.807) is 48.5 Å². The monoisotopic (exact) mass is 529 g/mol. The Kier molecular flexibility index (Phi) is 6.76. The number of anilines is 1. The number of amides is 1. The summed E-state index contributed by atoms with van der Waals surface area (Å²) in [5.74, 6) is -0.842. The van der Waals surface area contributed by atoms with Crippen molar-refractivity contribution in [3.63, 3.8) is 0 Å². The molecule has 7 heteroatoms. The van der Waals surface area contributed by atoms with Crippen LogP contribution in [-0.2, 0) is 4.79 Å². The van der Waals surface area contributed by atoms with Gasteiger partial charge in [-0.25, -0.2) is 0 Å². The predicted molar refractivity (Wildman–Crippen MR) is 148 cm³/mol. The van der Waals surface area contributed by atoms with Crippen LogP contribution in [0.15, 0.2) is 88.5 Å². The second kappa shape index (κ2) is 10.0. The molecule has 1 N–H and O–H groups in total. The standard InChI is InChI=1S/C31H28ClNO5/c1-17(2)19-5-10-23(11-6-19)33-28(20-7-12-24(13-8-20)37-18(3)4)27(30(35)31(33)36)29(34)26-16-21-15-22(32)9-14-25(21)38-26/h5-18,28,35H,1-4H3. The molecule has 4 aromatic rings. The Morgan fingerprint density at radius 3 is 2.29 bits per heavy atom. The van der Waals surface area contributed by atoms with Gasteiger partial charge in [0.2, 0.25) is 5.78 Å². The van der Waals surface area contributed by atoms with Crippen LogP contribution >= 0.6 is 11.6 Å². The number of rotatable bonds is 7. The highest BCUT2D eigenvalue weighted by Crippen LogP contribution is 2.43. The van der Waals surface area contributed by atoms with Gasteiger partial charge in [0.05, 0.1) is 17.7 Å². The van der Waals surface area contributed by atoms with Crippen LogP contribution < -0.4 is 9.64 Å². The van der Waals surface area contributed by atoms with Crippen molar-refractivity contribution in [2.45, 2.75) is 45.8 Å². The molecule has 1 aliphatic rings. The Morgan fingerprint density at radius 1 is 0.974 bits per heavy atom. The molecule has 194 valence electrons. The molecule has 1 atom stereocenters. The summed E-state index contributed by atoms with van der Waals surface area (Å²) in [5.41, 5.74) is 2.76. The van der Waals surface area contributed by atoms with E-state index in [9.17, 15) is 14.7 Å². The van der Waals surface area contributed by atoms with Gasteiger partial charge in [0.1, 0.15) is 11.3 Å². The van der Waals surface area contributed by atoms with Crippen molar-refractivity contribution in [3.05, 3.63) is 106 Å². The minimum absolute atomic E-state index is 0.00690. The number of fused-ring (bicyclic) bond motifs is 1. The summed E-state index contributed by atoms with van der Waals surface area (Å²) in [5, 5.41) is 12.2. The van der Waals surface area contributed by atoms with Gasteiger partial charge in [0, 0.05) is 16.1 Å². The minimum Gasteiger partial charge on any atom is -0.503 e. The number of ether oxygens (including phenoxy) is 1. The van der Waals surface area contributed by atoms with Gasteiger partial charge in [-0.1, -0.05) is 49.7 Å². The highest BCUT2D eigenvalue weighted by Gasteiger charge is 2.45. The molecule has 0 bridgehead atoms. The third-order valence-corrected chi connectivity index (χ3v) is 6.80. The molecule has 0 fully saturated rings. The molecule has 1 amide bonds. The lowest BCUT2D eigenvalue weighted by Crippen LogP contribution is -2.31. The Morgan fingerprint density at radius 2 is 1.66 bits per heavy atom. The zero-order valence-corrected chi connectivity index (χ0v) is 22.3. The number of hydrogen-bond acceptors (Lipinski definition) is 5. The van der Waals surface area contributed by atoms with E-state index in [0.29, 0.717) is 38.9 Å². The summed E-state index contributed by atoms with van der Waals surface area (Å²) < 4.78 is 11.6. The van der Waals surface area contributed by atoms with E-state index in [1.165, 1.54) is 4.90 Å². The first-order valence-electron chi connectivity index (χ1n) is 12.5. The third kappa shape index (κ3) is 4.68. The molecule has 5 rings (SSSR count). The Labute approximate surface area is 226 Å². The molecule has 1 aromatic heterocycles. The van der Waals surface area contributed by atoms with Crippen molar-refractivity contribution in [1.29, 1.82) is 0 Å². The normalized spacial score (nSPS) is 15.8. The molecule has 0 spiro atoms. The molecule has 0 radical (unpaired) electrons. The SMILES string of the molecule is CC(C)Oc1ccc(C2C(C(=O)c3cc4cc(Cl)ccc4o3)=C(O)C(=O)N2c2ccc(C(C)C)cc2)cc1. The van der Waals surface area contributed by atoms with Gasteiger partial charge in [0.25, 0.3) is 5.91 Å². The molecule has 0 saturated heterocycles. The maximum absolute atomic E-state index is 13.8.